The van der Waals surface area contributed by atoms with Gasteiger partial charge in [-0.2, -0.15) is 0 Å². The molecule has 11 heteroatoms. The van der Waals surface area contributed by atoms with Crippen LogP contribution in [-0.2, 0) is 0 Å². The summed E-state index contributed by atoms with van der Waals surface area (Å²) in [5.41, 5.74) is 0.354. The molecule has 0 radical (unpaired) electrons. The first-order valence-electron chi connectivity index (χ1n) is 7.19. The average molecular weight is 383 g/mol. The zero-order valence-corrected chi connectivity index (χ0v) is 13.1. The van der Waals surface area contributed by atoms with Crippen molar-refractivity contribution >= 4 is 6.16 Å². The van der Waals surface area contributed by atoms with Crippen LogP contribution in [0, 0.1) is 5.82 Å². The summed E-state index contributed by atoms with van der Waals surface area (Å²) in [6, 6.07) is 6.69. The molecular weight excluding hydrogens is 374 g/mol. The maximum Gasteiger partial charge on any atom is 0.573 e. The molecule has 140 valence electrons. The third-order valence-electron chi connectivity index (χ3n) is 3.17. The Labute approximate surface area is 148 Å². The molecule has 27 heavy (non-hydrogen) atoms. The first kappa shape index (κ1) is 18.2. The van der Waals surface area contributed by atoms with Gasteiger partial charge in [-0.25, -0.2) is 13.9 Å². The molecule has 3 rings (SSSR count). The number of hydrogen-bond acceptors (Lipinski definition) is 5. The lowest BCUT2D eigenvalue weighted by atomic mass is 10.1. The van der Waals surface area contributed by atoms with E-state index in [1.165, 1.54) is 12.4 Å². The molecule has 0 bridgehead atoms. The highest BCUT2D eigenvalue weighted by molar-refractivity contribution is 5.67. The third-order valence-corrected chi connectivity index (χ3v) is 3.17. The number of rotatable bonds is 4. The van der Waals surface area contributed by atoms with Crippen molar-refractivity contribution in [1.82, 2.24) is 14.8 Å². The summed E-state index contributed by atoms with van der Waals surface area (Å²) in [5.74, 6) is -2.13. The van der Waals surface area contributed by atoms with Crippen LogP contribution in [0.1, 0.15) is 0 Å². The molecule has 2 aromatic heterocycles. The van der Waals surface area contributed by atoms with Gasteiger partial charge in [-0.05, 0) is 24.3 Å². The molecule has 0 amide bonds. The van der Waals surface area contributed by atoms with Crippen LogP contribution >= 0.6 is 0 Å². The van der Waals surface area contributed by atoms with E-state index in [4.69, 9.17) is 5.11 Å². The fourth-order valence-electron chi connectivity index (χ4n) is 2.28. The smallest absolute Gasteiger partial charge is 0.449 e. The number of carboxylic acid groups (broad SMARTS) is 1. The summed E-state index contributed by atoms with van der Waals surface area (Å²) >= 11 is 0. The predicted molar refractivity (Wildman–Crippen MR) is 82.1 cm³/mol. The molecule has 0 atom stereocenters. The van der Waals surface area contributed by atoms with Crippen molar-refractivity contribution in [3.8, 4) is 28.6 Å². The monoisotopic (exact) mass is 383 g/mol. The topological polar surface area (TPSA) is 86.5 Å². The number of ether oxygens (including phenoxy) is 2. The minimum atomic E-state index is -5.01. The van der Waals surface area contributed by atoms with E-state index < -0.39 is 24.1 Å². The Bertz CT molecular complexity index is 974. The van der Waals surface area contributed by atoms with Crippen molar-refractivity contribution in [2.75, 3.05) is 0 Å². The molecule has 2 heterocycles. The number of benzene rings is 1. The second kappa shape index (κ2) is 6.94. The summed E-state index contributed by atoms with van der Waals surface area (Å²) in [4.78, 5) is 14.6. The van der Waals surface area contributed by atoms with E-state index in [2.05, 4.69) is 19.6 Å². The van der Waals surface area contributed by atoms with Crippen molar-refractivity contribution in [3.05, 3.63) is 54.6 Å². The van der Waals surface area contributed by atoms with Gasteiger partial charge < -0.3 is 14.6 Å². The third kappa shape index (κ3) is 4.51. The average Bonchev–Trinajstić information content (AvgIpc) is 2.96. The Morgan fingerprint density at radius 3 is 2.59 bits per heavy atom. The van der Waals surface area contributed by atoms with Crippen molar-refractivity contribution < 1.29 is 36.9 Å². The number of nitrogens with zero attached hydrogens (tertiary/aromatic N) is 3. The predicted octanol–water partition coefficient (Wildman–Crippen LogP) is 4.03. The normalized spacial score (nSPS) is 11.3. The number of aromatic nitrogens is 3. The van der Waals surface area contributed by atoms with Crippen molar-refractivity contribution in [1.29, 1.82) is 0 Å². The molecule has 0 spiro atoms. The van der Waals surface area contributed by atoms with E-state index in [0.29, 0.717) is 11.8 Å². The van der Waals surface area contributed by atoms with Crippen LogP contribution in [0.3, 0.4) is 0 Å². The van der Waals surface area contributed by atoms with Crippen LogP contribution in [0.4, 0.5) is 22.4 Å². The molecule has 0 saturated heterocycles. The summed E-state index contributed by atoms with van der Waals surface area (Å²) in [7, 11) is 0. The van der Waals surface area contributed by atoms with Crippen LogP contribution in [0.2, 0.25) is 0 Å². The van der Waals surface area contributed by atoms with Gasteiger partial charge in [0.05, 0.1) is 17.6 Å². The molecule has 7 nitrogen and oxygen atoms in total. The molecule has 0 fully saturated rings. The van der Waals surface area contributed by atoms with E-state index in [1.807, 2.05) is 0 Å². The van der Waals surface area contributed by atoms with Crippen molar-refractivity contribution in [2.45, 2.75) is 6.36 Å². The second-order valence-corrected chi connectivity index (χ2v) is 5.08. The maximum absolute atomic E-state index is 13.8. The molecule has 0 saturated carbocycles. The minimum absolute atomic E-state index is 0.0501. The van der Waals surface area contributed by atoms with Gasteiger partial charge in [-0.1, -0.05) is 0 Å². The van der Waals surface area contributed by atoms with Gasteiger partial charge in [0.1, 0.15) is 11.6 Å². The summed E-state index contributed by atoms with van der Waals surface area (Å²) in [5, 5.41) is 12.7. The molecule has 0 aliphatic heterocycles. The Hall–Kier alpha value is -3.63. The Balaban J connectivity index is 2.12. The number of halogens is 4. The van der Waals surface area contributed by atoms with E-state index in [1.54, 1.807) is 12.1 Å². The summed E-state index contributed by atoms with van der Waals surface area (Å²) in [6.07, 6.45) is -3.81. The van der Waals surface area contributed by atoms with Gasteiger partial charge >= 0.3 is 12.5 Å². The van der Waals surface area contributed by atoms with E-state index in [0.717, 1.165) is 22.9 Å². The van der Waals surface area contributed by atoms with E-state index >= 15 is 0 Å². The van der Waals surface area contributed by atoms with Crippen LogP contribution in [-0.4, -0.2) is 32.4 Å². The lowest BCUT2D eigenvalue weighted by molar-refractivity contribution is -0.274. The van der Waals surface area contributed by atoms with Gasteiger partial charge in [-0.3, -0.25) is 4.98 Å². The van der Waals surface area contributed by atoms with Crippen LogP contribution < -0.4 is 9.47 Å². The van der Waals surface area contributed by atoms with Gasteiger partial charge in [0.2, 0.25) is 5.88 Å². The highest BCUT2D eigenvalue weighted by atomic mass is 19.4. The van der Waals surface area contributed by atoms with Gasteiger partial charge in [0, 0.05) is 23.9 Å². The van der Waals surface area contributed by atoms with E-state index in [-0.39, 0.29) is 17.1 Å². The Morgan fingerprint density at radius 2 is 1.96 bits per heavy atom. The Kier molecular flexibility index (Phi) is 4.67. The molecule has 3 aromatic rings. The molecule has 0 aliphatic carbocycles. The summed E-state index contributed by atoms with van der Waals surface area (Å²) < 4.78 is 60.5. The Morgan fingerprint density at radius 1 is 1.19 bits per heavy atom. The zero-order chi connectivity index (χ0) is 19.6. The zero-order valence-electron chi connectivity index (χ0n) is 13.1. The highest BCUT2D eigenvalue weighted by Crippen LogP contribution is 2.32. The lowest BCUT2D eigenvalue weighted by Crippen LogP contribution is -2.17. The quantitative estimate of drug-likeness (QED) is 0.541. The van der Waals surface area contributed by atoms with E-state index in [9.17, 15) is 22.4 Å². The summed E-state index contributed by atoms with van der Waals surface area (Å²) in [6.45, 7) is 0. The lowest BCUT2D eigenvalue weighted by Gasteiger charge is -2.11. The van der Waals surface area contributed by atoms with Gasteiger partial charge in [0.15, 0.2) is 0 Å². The van der Waals surface area contributed by atoms with Crippen molar-refractivity contribution in [3.63, 3.8) is 0 Å². The van der Waals surface area contributed by atoms with Crippen LogP contribution in [0.25, 0.3) is 16.9 Å². The molecule has 1 aromatic carbocycles. The number of alkyl halides is 3. The molecule has 0 aliphatic rings. The maximum atomic E-state index is 13.8. The molecule has 0 unspecified atom stereocenters. The molecule has 1 N–H and O–H groups in total. The molecular formula is C16H9F4N3O4. The fraction of sp³-hybridized carbons (Fsp3) is 0.0625. The number of pyridine rings is 1. The highest BCUT2D eigenvalue weighted by Gasteiger charge is 2.31. The van der Waals surface area contributed by atoms with Crippen molar-refractivity contribution in [2.24, 2.45) is 0 Å². The largest absolute Gasteiger partial charge is 0.573 e. The SMILES string of the molecule is O=C(O)Oc1cc(-c2cc(F)cc(OC(F)(F)F)c2)n(-c2cccnc2)n1. The van der Waals surface area contributed by atoms with Gasteiger partial charge in [0.25, 0.3) is 0 Å². The standard InChI is InChI=1S/C16H9F4N3O4/c17-10-4-9(5-12(6-10)27-16(18,19)20)13-7-14(26-15(24)25)22-23(13)11-2-1-3-21-8-11/h1-8H,(H,24,25). The minimum Gasteiger partial charge on any atom is -0.449 e. The van der Waals surface area contributed by atoms with Crippen LogP contribution in [0.5, 0.6) is 11.6 Å². The first-order chi connectivity index (χ1) is 12.7. The fourth-order valence-corrected chi connectivity index (χ4v) is 2.28. The van der Waals surface area contributed by atoms with Crippen LogP contribution in [0.15, 0.2) is 48.8 Å². The first-order valence-corrected chi connectivity index (χ1v) is 7.19. The van der Waals surface area contributed by atoms with Gasteiger partial charge in [-0.15, -0.1) is 18.3 Å². The number of hydrogen-bond donors (Lipinski definition) is 1. The number of carbonyl (C=O) groups is 1. The second-order valence-electron chi connectivity index (χ2n) is 5.08.